The van der Waals surface area contributed by atoms with Gasteiger partial charge in [-0.05, 0) is 48.7 Å². The molecule has 2 aliphatic heterocycles. The average molecular weight is 507 g/mol. The van der Waals surface area contributed by atoms with Crippen molar-refractivity contribution >= 4 is 22.7 Å². The van der Waals surface area contributed by atoms with Crippen LogP contribution in [0, 0.1) is 0 Å². The van der Waals surface area contributed by atoms with Gasteiger partial charge in [-0.1, -0.05) is 18.2 Å². The van der Waals surface area contributed by atoms with E-state index in [-0.39, 0.29) is 25.0 Å². The number of likely N-dealkylation sites (tertiary alicyclic amines) is 1. The Morgan fingerprint density at radius 1 is 1.08 bits per heavy atom. The molecular formula is C28H34N4O5. The highest BCUT2D eigenvalue weighted by Crippen LogP contribution is 2.45. The average Bonchev–Trinajstić information content (AvgIpc) is 3.51. The van der Waals surface area contributed by atoms with Crippen LogP contribution in [0.1, 0.15) is 17.7 Å². The molecule has 5 rings (SSSR count). The Bertz CT molecular complexity index is 1260. The summed E-state index contributed by atoms with van der Waals surface area (Å²) in [5, 5.41) is 3.84. The first-order chi connectivity index (χ1) is 18.0. The summed E-state index contributed by atoms with van der Waals surface area (Å²) in [6.07, 6.45) is 1.53. The number of fused-ring (bicyclic) bond motifs is 4. The highest BCUT2D eigenvalue weighted by atomic mass is 16.5. The molecule has 2 aliphatic rings. The van der Waals surface area contributed by atoms with Gasteiger partial charge in [-0.15, -0.1) is 0 Å². The summed E-state index contributed by atoms with van der Waals surface area (Å²) in [6.45, 7) is 3.33. The minimum absolute atomic E-state index is 0.0511. The lowest BCUT2D eigenvalue weighted by Gasteiger charge is -2.45. The van der Waals surface area contributed by atoms with E-state index in [0.29, 0.717) is 19.7 Å². The second kappa shape index (κ2) is 10.8. The minimum Gasteiger partial charge on any atom is -0.497 e. The Balaban J connectivity index is 1.40. The molecule has 9 heteroatoms. The van der Waals surface area contributed by atoms with Crippen molar-refractivity contribution in [2.24, 2.45) is 0 Å². The molecular weight excluding hydrogens is 472 g/mol. The van der Waals surface area contributed by atoms with Crippen LogP contribution in [0.4, 0.5) is 0 Å². The molecule has 0 saturated carbocycles. The predicted molar refractivity (Wildman–Crippen MR) is 140 cm³/mol. The summed E-state index contributed by atoms with van der Waals surface area (Å²) in [7, 11) is 3.13. The first-order valence-corrected chi connectivity index (χ1v) is 12.7. The number of methoxy groups -OCH3 is 2. The van der Waals surface area contributed by atoms with E-state index in [0.717, 1.165) is 54.0 Å². The molecule has 1 unspecified atom stereocenters. The maximum atomic E-state index is 13.5. The predicted octanol–water partition coefficient (Wildman–Crippen LogP) is 2.30. The molecule has 2 N–H and O–H groups in total. The van der Waals surface area contributed by atoms with Crippen LogP contribution in [0.5, 0.6) is 11.5 Å². The number of aromatic amines is 1. The van der Waals surface area contributed by atoms with Crippen molar-refractivity contribution in [2.75, 3.05) is 60.2 Å². The van der Waals surface area contributed by atoms with E-state index in [9.17, 15) is 9.59 Å². The van der Waals surface area contributed by atoms with Crippen LogP contribution < -0.4 is 14.8 Å². The van der Waals surface area contributed by atoms with Crippen LogP contribution in [-0.4, -0.2) is 86.8 Å². The van der Waals surface area contributed by atoms with Crippen molar-refractivity contribution in [1.82, 2.24) is 20.1 Å². The smallest absolute Gasteiger partial charge is 0.246 e. The van der Waals surface area contributed by atoms with E-state index in [1.807, 2.05) is 47.4 Å². The van der Waals surface area contributed by atoms with Crippen LogP contribution >= 0.6 is 0 Å². The van der Waals surface area contributed by atoms with Crippen molar-refractivity contribution < 1.29 is 23.8 Å². The number of carbonyl (C=O) groups is 2. The lowest BCUT2D eigenvalue weighted by atomic mass is 9.83. The fourth-order valence-electron chi connectivity index (χ4n) is 5.69. The lowest BCUT2D eigenvalue weighted by Crippen LogP contribution is -2.57. The zero-order valence-electron chi connectivity index (χ0n) is 21.4. The number of rotatable bonds is 9. The summed E-state index contributed by atoms with van der Waals surface area (Å²) < 4.78 is 16.3. The van der Waals surface area contributed by atoms with Crippen molar-refractivity contribution in [1.29, 1.82) is 0 Å². The van der Waals surface area contributed by atoms with Gasteiger partial charge in [-0.25, -0.2) is 0 Å². The number of ether oxygens (including phenoxy) is 3. The van der Waals surface area contributed by atoms with E-state index in [4.69, 9.17) is 14.2 Å². The van der Waals surface area contributed by atoms with Crippen molar-refractivity contribution in [3.8, 4) is 11.5 Å². The Morgan fingerprint density at radius 3 is 2.70 bits per heavy atom. The van der Waals surface area contributed by atoms with Gasteiger partial charge in [0.1, 0.15) is 24.7 Å². The van der Waals surface area contributed by atoms with Crippen molar-refractivity contribution in [3.63, 3.8) is 0 Å². The summed E-state index contributed by atoms with van der Waals surface area (Å²) in [6, 6.07) is 15.9. The molecule has 3 aromatic rings. The number of aromatic nitrogens is 1. The maximum Gasteiger partial charge on any atom is 0.246 e. The van der Waals surface area contributed by atoms with E-state index in [1.54, 1.807) is 7.11 Å². The Labute approximate surface area is 216 Å². The fraction of sp³-hybridized carbons (Fsp3) is 0.429. The number of hydrogen-bond acceptors (Lipinski definition) is 6. The third kappa shape index (κ3) is 5.01. The maximum absolute atomic E-state index is 13.5. The first-order valence-electron chi connectivity index (χ1n) is 12.7. The van der Waals surface area contributed by atoms with Gasteiger partial charge in [-0.3, -0.25) is 14.5 Å². The number of nitrogens with one attached hydrogen (secondary N) is 2. The number of nitrogens with zero attached hydrogens (tertiary/aromatic N) is 2. The zero-order valence-corrected chi connectivity index (χ0v) is 21.4. The van der Waals surface area contributed by atoms with Crippen LogP contribution in [0.3, 0.4) is 0 Å². The summed E-state index contributed by atoms with van der Waals surface area (Å²) in [5.41, 5.74) is 2.86. The second-order valence-corrected chi connectivity index (χ2v) is 9.61. The van der Waals surface area contributed by atoms with Gasteiger partial charge in [0.25, 0.3) is 0 Å². The third-order valence-corrected chi connectivity index (χ3v) is 7.44. The number of hydrogen-bond donors (Lipinski definition) is 2. The number of benzene rings is 2. The molecule has 1 fully saturated rings. The van der Waals surface area contributed by atoms with Crippen LogP contribution in [0.15, 0.2) is 48.5 Å². The molecule has 3 heterocycles. The summed E-state index contributed by atoms with van der Waals surface area (Å²) in [5.74, 6) is 1.28. The van der Waals surface area contributed by atoms with Gasteiger partial charge in [0.2, 0.25) is 11.8 Å². The Morgan fingerprint density at radius 2 is 1.92 bits per heavy atom. The van der Waals surface area contributed by atoms with E-state index >= 15 is 0 Å². The fourth-order valence-corrected chi connectivity index (χ4v) is 5.69. The molecule has 1 atom stereocenters. The number of para-hydroxylation sites is 1. The topological polar surface area (TPSA) is 96.1 Å². The molecule has 1 saturated heterocycles. The van der Waals surface area contributed by atoms with Crippen LogP contribution in [-0.2, 0) is 26.3 Å². The number of H-pyrrole nitrogens is 1. The first kappa shape index (κ1) is 25.1. The number of amides is 2. The Hall–Kier alpha value is -3.56. The second-order valence-electron chi connectivity index (χ2n) is 9.61. The standard InChI is InChI=1S/C28H34N4O5/c1-35-18-25(33)29-17-26(34)32-12-10-22-23-16-21(36-2)8-9-24(23)30-27(22)28(32)11-13-31(19-28)14-15-37-20-6-4-3-5-7-20/h3-9,16,30H,10-15,17-19H2,1-2H3,(H,29,33). The van der Waals surface area contributed by atoms with Gasteiger partial charge < -0.3 is 29.4 Å². The SMILES string of the molecule is COCC(=O)NCC(=O)N1CCc2c([nH]c3ccc(OC)cc23)C12CCN(CCOc1ccccc1)C2. The molecule has 2 amide bonds. The molecule has 9 nitrogen and oxygen atoms in total. The zero-order chi connectivity index (χ0) is 25.8. The summed E-state index contributed by atoms with van der Waals surface area (Å²) >= 11 is 0. The molecule has 0 radical (unpaired) electrons. The van der Waals surface area contributed by atoms with E-state index < -0.39 is 5.54 Å². The van der Waals surface area contributed by atoms with Crippen molar-refractivity contribution in [2.45, 2.75) is 18.4 Å². The highest BCUT2D eigenvalue weighted by molar-refractivity contribution is 5.89. The molecule has 0 bridgehead atoms. The Kier molecular flexibility index (Phi) is 7.34. The van der Waals surface area contributed by atoms with Gasteiger partial charge in [-0.2, -0.15) is 0 Å². The molecule has 1 spiro atoms. The highest BCUT2D eigenvalue weighted by Gasteiger charge is 2.50. The lowest BCUT2D eigenvalue weighted by molar-refractivity contribution is -0.140. The molecule has 196 valence electrons. The largest absolute Gasteiger partial charge is 0.497 e. The van der Waals surface area contributed by atoms with Gasteiger partial charge in [0, 0.05) is 49.9 Å². The van der Waals surface area contributed by atoms with Crippen LogP contribution in [0.25, 0.3) is 10.9 Å². The normalized spacial score (nSPS) is 19.2. The minimum atomic E-state index is -0.504. The molecule has 1 aromatic heterocycles. The van der Waals surface area contributed by atoms with E-state index in [1.165, 1.54) is 12.7 Å². The molecule has 0 aliphatic carbocycles. The van der Waals surface area contributed by atoms with Gasteiger partial charge in [0.15, 0.2) is 0 Å². The van der Waals surface area contributed by atoms with Crippen LogP contribution in [0.2, 0.25) is 0 Å². The van der Waals surface area contributed by atoms with Gasteiger partial charge in [0.05, 0.1) is 19.2 Å². The van der Waals surface area contributed by atoms with E-state index in [2.05, 4.69) is 21.3 Å². The molecule has 37 heavy (non-hydrogen) atoms. The third-order valence-electron chi connectivity index (χ3n) is 7.44. The monoisotopic (exact) mass is 506 g/mol. The van der Waals surface area contributed by atoms with Gasteiger partial charge >= 0.3 is 0 Å². The van der Waals surface area contributed by atoms with Crippen molar-refractivity contribution in [3.05, 3.63) is 59.8 Å². The molecule has 2 aromatic carbocycles. The number of carbonyl (C=O) groups excluding carboxylic acids is 2. The summed E-state index contributed by atoms with van der Waals surface area (Å²) in [4.78, 5) is 33.4. The quantitative estimate of drug-likeness (QED) is 0.463.